The Morgan fingerprint density at radius 1 is 1.28 bits per heavy atom. The topological polar surface area (TPSA) is 118 Å². The van der Waals surface area contributed by atoms with E-state index in [0.29, 0.717) is 11.3 Å². The molecule has 1 atom stereocenters. The predicted octanol–water partition coefficient (Wildman–Crippen LogP) is 3.40. The van der Waals surface area contributed by atoms with Gasteiger partial charge in [-0.3, -0.25) is 0 Å². The van der Waals surface area contributed by atoms with E-state index in [9.17, 15) is 14.7 Å². The molecule has 2 aromatic carbocycles. The summed E-state index contributed by atoms with van der Waals surface area (Å²) >= 11 is 6.12. The quantitative estimate of drug-likeness (QED) is 0.595. The van der Waals surface area contributed by atoms with E-state index < -0.39 is 24.6 Å². The predicted molar refractivity (Wildman–Crippen MR) is 105 cm³/mol. The van der Waals surface area contributed by atoms with E-state index in [4.69, 9.17) is 31.1 Å². The van der Waals surface area contributed by atoms with Crippen LogP contribution in [-0.2, 0) is 14.3 Å². The maximum absolute atomic E-state index is 12.0. The second-order valence-corrected chi connectivity index (χ2v) is 6.16. The lowest BCUT2D eigenvalue weighted by Gasteiger charge is -2.21. The Morgan fingerprint density at radius 3 is 2.52 bits per heavy atom. The highest BCUT2D eigenvalue weighted by Gasteiger charge is 2.27. The number of carboxylic acid groups (broad SMARTS) is 1. The Morgan fingerprint density at radius 2 is 1.97 bits per heavy atom. The van der Waals surface area contributed by atoms with Crippen LogP contribution in [0.5, 0.6) is 11.5 Å². The van der Waals surface area contributed by atoms with Crippen LogP contribution in [0.1, 0.15) is 24.1 Å². The Kier molecular flexibility index (Phi) is 7.69. The minimum absolute atomic E-state index is 0.0542. The lowest BCUT2D eigenvalue weighted by Crippen LogP contribution is -2.23. The SMILES string of the molecule is CCOC(=O)COc1c(OC)cc(Cl)cc1C(Nc1ccc(C#N)cc1)C(=O)O. The number of carbonyl (C=O) groups is 2. The number of hydrogen-bond donors (Lipinski definition) is 2. The summed E-state index contributed by atoms with van der Waals surface area (Å²) in [6.45, 7) is 1.42. The number of esters is 1. The van der Waals surface area contributed by atoms with Crippen LogP contribution < -0.4 is 14.8 Å². The molecule has 0 bridgehead atoms. The number of halogens is 1. The third kappa shape index (κ3) is 5.77. The molecule has 0 amide bonds. The molecule has 0 spiro atoms. The van der Waals surface area contributed by atoms with Gasteiger partial charge in [-0.25, -0.2) is 9.59 Å². The van der Waals surface area contributed by atoms with Crippen LogP contribution in [0.2, 0.25) is 5.02 Å². The number of anilines is 1. The molecule has 2 N–H and O–H groups in total. The van der Waals surface area contributed by atoms with Crippen molar-refractivity contribution in [1.29, 1.82) is 5.26 Å². The van der Waals surface area contributed by atoms with Crippen molar-refractivity contribution in [2.75, 3.05) is 25.6 Å². The number of aliphatic carboxylic acids is 1. The molecule has 8 nitrogen and oxygen atoms in total. The molecule has 0 fully saturated rings. The summed E-state index contributed by atoms with van der Waals surface area (Å²) in [6, 6.07) is 9.85. The van der Waals surface area contributed by atoms with Crippen LogP contribution in [0.4, 0.5) is 5.69 Å². The fraction of sp³-hybridized carbons (Fsp3) is 0.250. The highest BCUT2D eigenvalue weighted by molar-refractivity contribution is 6.30. The molecule has 0 aliphatic heterocycles. The smallest absolute Gasteiger partial charge is 0.344 e. The first-order chi connectivity index (χ1) is 13.9. The van der Waals surface area contributed by atoms with Crippen molar-refractivity contribution in [1.82, 2.24) is 0 Å². The lowest BCUT2D eigenvalue weighted by atomic mass is 10.0. The second kappa shape index (κ2) is 10.2. The molecule has 0 aliphatic carbocycles. The maximum Gasteiger partial charge on any atom is 0.344 e. The molecular formula is C20H19ClN2O6. The summed E-state index contributed by atoms with van der Waals surface area (Å²) in [5, 5.41) is 21.8. The van der Waals surface area contributed by atoms with Crippen LogP contribution in [0, 0.1) is 11.3 Å². The Balaban J connectivity index is 2.42. The zero-order chi connectivity index (χ0) is 21.4. The van der Waals surface area contributed by atoms with Gasteiger partial charge in [0, 0.05) is 22.3 Å². The third-order valence-corrected chi connectivity index (χ3v) is 4.01. The van der Waals surface area contributed by atoms with E-state index in [1.807, 2.05) is 6.07 Å². The first-order valence-corrected chi connectivity index (χ1v) is 8.92. The summed E-state index contributed by atoms with van der Waals surface area (Å²) in [5.41, 5.74) is 1.06. The molecule has 0 heterocycles. The van der Waals surface area contributed by atoms with E-state index in [-0.39, 0.29) is 28.7 Å². The van der Waals surface area contributed by atoms with Crippen LogP contribution in [0.25, 0.3) is 0 Å². The first-order valence-electron chi connectivity index (χ1n) is 8.55. The number of carboxylic acids is 1. The summed E-state index contributed by atoms with van der Waals surface area (Å²) in [5.74, 6) is -1.59. The van der Waals surface area contributed by atoms with Gasteiger partial charge < -0.3 is 24.6 Å². The van der Waals surface area contributed by atoms with Gasteiger partial charge in [0.15, 0.2) is 24.1 Å². The number of nitrogens with one attached hydrogen (secondary N) is 1. The fourth-order valence-electron chi connectivity index (χ4n) is 2.52. The van der Waals surface area contributed by atoms with Gasteiger partial charge >= 0.3 is 11.9 Å². The molecule has 2 aromatic rings. The molecular weight excluding hydrogens is 400 g/mol. The van der Waals surface area contributed by atoms with Gasteiger partial charge in [0.2, 0.25) is 0 Å². The zero-order valence-corrected chi connectivity index (χ0v) is 16.5. The van der Waals surface area contributed by atoms with E-state index in [1.54, 1.807) is 31.2 Å². The van der Waals surface area contributed by atoms with Crippen LogP contribution in [-0.4, -0.2) is 37.4 Å². The number of ether oxygens (including phenoxy) is 3. The van der Waals surface area contributed by atoms with Crippen molar-refractivity contribution in [3.63, 3.8) is 0 Å². The number of benzene rings is 2. The number of methoxy groups -OCH3 is 1. The van der Waals surface area contributed by atoms with Crippen molar-refractivity contribution in [2.24, 2.45) is 0 Å². The minimum atomic E-state index is -1.27. The molecule has 29 heavy (non-hydrogen) atoms. The van der Waals surface area contributed by atoms with Gasteiger partial charge in [0.25, 0.3) is 0 Å². The summed E-state index contributed by atoms with van der Waals surface area (Å²) < 4.78 is 15.6. The van der Waals surface area contributed by atoms with Gasteiger partial charge in [-0.1, -0.05) is 11.6 Å². The van der Waals surface area contributed by atoms with Crippen molar-refractivity contribution >= 4 is 29.2 Å². The number of nitriles is 1. The lowest BCUT2D eigenvalue weighted by molar-refractivity contribution is -0.145. The molecule has 9 heteroatoms. The molecule has 0 saturated heterocycles. The number of carbonyl (C=O) groups excluding carboxylic acids is 1. The second-order valence-electron chi connectivity index (χ2n) is 5.72. The van der Waals surface area contributed by atoms with E-state index >= 15 is 0 Å². The normalized spacial score (nSPS) is 11.1. The van der Waals surface area contributed by atoms with Gasteiger partial charge in [-0.15, -0.1) is 0 Å². The highest BCUT2D eigenvalue weighted by atomic mass is 35.5. The van der Waals surface area contributed by atoms with E-state index in [2.05, 4.69) is 5.32 Å². The maximum atomic E-state index is 12.0. The summed E-state index contributed by atoms with van der Waals surface area (Å²) in [7, 11) is 1.37. The Bertz CT molecular complexity index is 924. The van der Waals surface area contributed by atoms with Gasteiger partial charge in [-0.2, -0.15) is 5.26 Å². The first kappa shape index (κ1) is 21.9. The monoisotopic (exact) mass is 418 g/mol. The minimum Gasteiger partial charge on any atom is -0.493 e. The van der Waals surface area contributed by atoms with Crippen molar-refractivity contribution < 1.29 is 28.9 Å². The number of rotatable bonds is 9. The highest BCUT2D eigenvalue weighted by Crippen LogP contribution is 2.39. The zero-order valence-electron chi connectivity index (χ0n) is 15.8. The largest absolute Gasteiger partial charge is 0.493 e. The fourth-order valence-corrected chi connectivity index (χ4v) is 2.74. The molecule has 0 radical (unpaired) electrons. The summed E-state index contributed by atoms with van der Waals surface area (Å²) in [6.07, 6.45) is 0. The molecule has 152 valence electrons. The molecule has 2 rings (SSSR count). The standard InChI is InChI=1S/C20H19ClN2O6/c1-3-28-17(24)11-29-19-15(8-13(21)9-16(19)27-2)18(20(25)26)23-14-6-4-12(10-22)5-7-14/h4-9,18,23H,3,11H2,1-2H3,(H,25,26). The molecule has 0 aliphatic rings. The van der Waals surface area contributed by atoms with Crippen LogP contribution in [0.3, 0.4) is 0 Å². The van der Waals surface area contributed by atoms with Crippen molar-refractivity contribution in [3.05, 3.63) is 52.5 Å². The third-order valence-electron chi connectivity index (χ3n) is 3.79. The van der Waals surface area contributed by atoms with Gasteiger partial charge in [0.1, 0.15) is 0 Å². The molecule has 0 saturated carbocycles. The van der Waals surface area contributed by atoms with Gasteiger partial charge in [0.05, 0.1) is 25.3 Å². The van der Waals surface area contributed by atoms with E-state index in [0.717, 1.165) is 0 Å². The average molecular weight is 419 g/mol. The van der Waals surface area contributed by atoms with Crippen LogP contribution in [0.15, 0.2) is 36.4 Å². The van der Waals surface area contributed by atoms with Crippen molar-refractivity contribution in [2.45, 2.75) is 13.0 Å². The Labute approximate surface area is 172 Å². The molecule has 1 unspecified atom stereocenters. The molecule has 0 aromatic heterocycles. The summed E-state index contributed by atoms with van der Waals surface area (Å²) in [4.78, 5) is 23.7. The number of hydrogen-bond acceptors (Lipinski definition) is 7. The average Bonchev–Trinajstić information content (AvgIpc) is 2.70. The number of nitrogens with zero attached hydrogens (tertiary/aromatic N) is 1. The van der Waals surface area contributed by atoms with Gasteiger partial charge in [-0.05, 0) is 37.3 Å². The van der Waals surface area contributed by atoms with Crippen LogP contribution >= 0.6 is 11.6 Å². The van der Waals surface area contributed by atoms with E-state index in [1.165, 1.54) is 19.2 Å². The Hall–Kier alpha value is -3.44. The van der Waals surface area contributed by atoms with Crippen molar-refractivity contribution in [3.8, 4) is 17.6 Å².